The van der Waals surface area contributed by atoms with Crippen LogP contribution in [-0.4, -0.2) is 45.5 Å². The van der Waals surface area contributed by atoms with Gasteiger partial charge in [0.05, 0.1) is 25.7 Å². The Balaban J connectivity index is 1.46. The number of rotatable bonds is 11. The monoisotopic (exact) mass is 591 g/mol. The summed E-state index contributed by atoms with van der Waals surface area (Å²) in [5.41, 5.74) is 1.03. The van der Waals surface area contributed by atoms with E-state index in [1.54, 1.807) is 49.8 Å². The van der Waals surface area contributed by atoms with Crippen LogP contribution in [0.1, 0.15) is 55.3 Å². The second-order valence-corrected chi connectivity index (χ2v) is 11.2. The van der Waals surface area contributed by atoms with Gasteiger partial charge in [-0.25, -0.2) is 4.39 Å². The highest BCUT2D eigenvalue weighted by Crippen LogP contribution is 2.32. The van der Waals surface area contributed by atoms with Crippen molar-refractivity contribution < 1.29 is 23.1 Å². The van der Waals surface area contributed by atoms with E-state index in [0.29, 0.717) is 34.5 Å². The Morgan fingerprint density at radius 1 is 1.10 bits per heavy atom. The van der Waals surface area contributed by atoms with Crippen LogP contribution in [0.15, 0.2) is 76.5 Å². The van der Waals surface area contributed by atoms with Gasteiger partial charge in [-0.05, 0) is 73.9 Å². The number of anilines is 1. The molecule has 220 valence electrons. The highest BCUT2D eigenvalue weighted by molar-refractivity contribution is 7.99. The Bertz CT molecular complexity index is 1470. The molecule has 0 spiro atoms. The molecule has 5 rings (SSSR count). The molecule has 0 bridgehead atoms. The molecule has 1 saturated carbocycles. The minimum atomic E-state index is -1.02. The molecule has 4 aromatic rings. The smallest absolute Gasteiger partial charge is 0.248 e. The summed E-state index contributed by atoms with van der Waals surface area (Å²) in [6.45, 7) is 2.26. The number of benzene rings is 2. The van der Waals surface area contributed by atoms with Crippen molar-refractivity contribution in [2.45, 2.75) is 62.8 Å². The number of carbonyl (C=O) groups is 2. The molecule has 1 aliphatic carbocycles. The number of hydrogen-bond donors (Lipinski definition) is 1. The first kappa shape index (κ1) is 29.4. The number of thioether (sulfide) groups is 1. The standard InChI is InChI=1S/C31H34FN5O4S/c1-21-34-35-31(36(21)19-27-9-6-18-41-27)42-20-28(38)37(25-14-16-26(40-2)17-15-25)29(22-10-12-23(32)13-11-22)30(39)33-24-7-4-3-5-8-24/h6,9-18,24,29H,3-5,7-8,19-20H2,1-2H3,(H,33,39). The SMILES string of the molecule is COc1ccc(N(C(=O)CSc2nnc(C)n2Cc2ccco2)C(C(=O)NC2CCCCC2)c2ccc(F)cc2)cc1. The van der Waals surface area contributed by atoms with Crippen molar-refractivity contribution in [1.29, 1.82) is 0 Å². The third kappa shape index (κ3) is 7.02. The Morgan fingerprint density at radius 2 is 1.83 bits per heavy atom. The van der Waals surface area contributed by atoms with Crippen LogP contribution in [-0.2, 0) is 16.1 Å². The van der Waals surface area contributed by atoms with Gasteiger partial charge in [-0.2, -0.15) is 0 Å². The van der Waals surface area contributed by atoms with Crippen LogP contribution in [0.25, 0.3) is 0 Å². The molecule has 1 fully saturated rings. The van der Waals surface area contributed by atoms with Gasteiger partial charge in [-0.15, -0.1) is 10.2 Å². The van der Waals surface area contributed by atoms with Gasteiger partial charge < -0.3 is 14.5 Å². The van der Waals surface area contributed by atoms with Crippen molar-refractivity contribution >= 4 is 29.3 Å². The molecule has 1 aliphatic rings. The fourth-order valence-electron chi connectivity index (χ4n) is 5.17. The predicted octanol–water partition coefficient (Wildman–Crippen LogP) is 5.69. The molecule has 0 aliphatic heterocycles. The molecule has 42 heavy (non-hydrogen) atoms. The minimum absolute atomic E-state index is 0.0171. The first-order chi connectivity index (χ1) is 20.4. The molecular weight excluding hydrogens is 557 g/mol. The number of hydrogen-bond acceptors (Lipinski definition) is 7. The number of halogens is 1. The summed E-state index contributed by atoms with van der Waals surface area (Å²) in [7, 11) is 1.56. The lowest BCUT2D eigenvalue weighted by Gasteiger charge is -2.33. The van der Waals surface area contributed by atoms with E-state index in [4.69, 9.17) is 9.15 Å². The van der Waals surface area contributed by atoms with Gasteiger partial charge in [0.2, 0.25) is 11.8 Å². The minimum Gasteiger partial charge on any atom is -0.497 e. The number of methoxy groups -OCH3 is 1. The number of nitrogens with one attached hydrogen (secondary N) is 1. The van der Waals surface area contributed by atoms with Crippen LogP contribution in [0, 0.1) is 12.7 Å². The molecule has 2 aromatic heterocycles. The third-order valence-corrected chi connectivity index (χ3v) is 8.34. The zero-order chi connectivity index (χ0) is 29.5. The normalized spacial score (nSPS) is 14.4. The largest absolute Gasteiger partial charge is 0.497 e. The number of amides is 2. The van der Waals surface area contributed by atoms with Gasteiger partial charge >= 0.3 is 0 Å². The first-order valence-electron chi connectivity index (χ1n) is 14.0. The Hall–Kier alpha value is -4.12. The van der Waals surface area contributed by atoms with E-state index >= 15 is 0 Å². The zero-order valence-electron chi connectivity index (χ0n) is 23.7. The fourth-order valence-corrected chi connectivity index (χ4v) is 6.02. The van der Waals surface area contributed by atoms with Crippen LogP contribution < -0.4 is 15.0 Å². The zero-order valence-corrected chi connectivity index (χ0v) is 24.5. The number of aryl methyl sites for hydroxylation is 1. The number of aromatic nitrogens is 3. The second kappa shape index (κ2) is 13.7. The predicted molar refractivity (Wildman–Crippen MR) is 158 cm³/mol. The molecule has 0 saturated heterocycles. The number of nitrogens with zero attached hydrogens (tertiary/aromatic N) is 4. The van der Waals surface area contributed by atoms with Crippen LogP contribution in [0.2, 0.25) is 0 Å². The first-order valence-corrected chi connectivity index (χ1v) is 15.0. The molecule has 2 aromatic carbocycles. The van der Waals surface area contributed by atoms with Gasteiger partial charge in [-0.1, -0.05) is 43.2 Å². The molecular formula is C31H34FN5O4S. The fraction of sp³-hybridized carbons (Fsp3) is 0.355. The van der Waals surface area contributed by atoms with Crippen molar-refractivity contribution in [2.75, 3.05) is 17.8 Å². The van der Waals surface area contributed by atoms with E-state index in [0.717, 1.165) is 37.9 Å². The summed E-state index contributed by atoms with van der Waals surface area (Å²) < 4.78 is 26.6. The Kier molecular flexibility index (Phi) is 9.58. The van der Waals surface area contributed by atoms with Crippen molar-refractivity contribution in [1.82, 2.24) is 20.1 Å². The van der Waals surface area contributed by atoms with E-state index < -0.39 is 11.9 Å². The van der Waals surface area contributed by atoms with E-state index in [1.807, 2.05) is 23.6 Å². The highest BCUT2D eigenvalue weighted by atomic mass is 32.2. The van der Waals surface area contributed by atoms with Crippen LogP contribution in [0.5, 0.6) is 5.75 Å². The highest BCUT2D eigenvalue weighted by Gasteiger charge is 2.34. The summed E-state index contributed by atoms with van der Waals surface area (Å²) in [4.78, 5) is 29.6. The molecule has 0 radical (unpaired) electrons. The molecule has 1 atom stereocenters. The van der Waals surface area contributed by atoms with Gasteiger partial charge in [-0.3, -0.25) is 19.1 Å². The molecule has 1 unspecified atom stereocenters. The summed E-state index contributed by atoms with van der Waals surface area (Å²) in [6.07, 6.45) is 6.61. The van der Waals surface area contributed by atoms with E-state index in [9.17, 15) is 14.0 Å². The number of ether oxygens (including phenoxy) is 1. The van der Waals surface area contributed by atoms with Gasteiger partial charge in [0.15, 0.2) is 5.16 Å². The summed E-state index contributed by atoms with van der Waals surface area (Å²) in [5.74, 6) is 0.979. The molecule has 11 heteroatoms. The average molecular weight is 592 g/mol. The van der Waals surface area contributed by atoms with Crippen molar-refractivity contribution in [3.05, 3.63) is 89.9 Å². The van der Waals surface area contributed by atoms with Crippen molar-refractivity contribution in [2.24, 2.45) is 0 Å². The van der Waals surface area contributed by atoms with Crippen LogP contribution >= 0.6 is 11.8 Å². The maximum Gasteiger partial charge on any atom is 0.248 e. The molecule has 9 nitrogen and oxygen atoms in total. The van der Waals surface area contributed by atoms with Crippen LogP contribution in [0.4, 0.5) is 10.1 Å². The van der Waals surface area contributed by atoms with E-state index in [2.05, 4.69) is 15.5 Å². The topological polar surface area (TPSA) is 102 Å². The van der Waals surface area contributed by atoms with Gasteiger partial charge in [0.1, 0.15) is 29.2 Å². The van der Waals surface area contributed by atoms with E-state index in [-0.39, 0.29) is 23.6 Å². The van der Waals surface area contributed by atoms with Crippen LogP contribution in [0.3, 0.4) is 0 Å². The quantitative estimate of drug-likeness (QED) is 0.224. The Morgan fingerprint density at radius 3 is 2.50 bits per heavy atom. The lowest BCUT2D eigenvalue weighted by Crippen LogP contribution is -2.47. The summed E-state index contributed by atoms with van der Waals surface area (Å²) in [5, 5.41) is 12.2. The van der Waals surface area contributed by atoms with E-state index in [1.165, 1.54) is 28.8 Å². The second-order valence-electron chi connectivity index (χ2n) is 10.2. The van der Waals surface area contributed by atoms with Crippen molar-refractivity contribution in [3.8, 4) is 5.75 Å². The molecule has 1 N–H and O–H groups in total. The van der Waals surface area contributed by atoms with Crippen molar-refractivity contribution in [3.63, 3.8) is 0 Å². The Labute approximate surface area is 248 Å². The maximum absolute atomic E-state index is 14.1. The number of furan rings is 1. The third-order valence-electron chi connectivity index (χ3n) is 7.38. The number of carbonyl (C=O) groups excluding carboxylic acids is 2. The summed E-state index contributed by atoms with van der Waals surface area (Å²) >= 11 is 1.23. The van der Waals surface area contributed by atoms with Gasteiger partial charge in [0.25, 0.3) is 0 Å². The molecule has 2 heterocycles. The molecule has 2 amide bonds. The maximum atomic E-state index is 14.1. The van der Waals surface area contributed by atoms with Gasteiger partial charge in [0, 0.05) is 11.7 Å². The lowest BCUT2D eigenvalue weighted by molar-refractivity contribution is -0.126. The lowest BCUT2D eigenvalue weighted by atomic mass is 9.94. The average Bonchev–Trinajstić information content (AvgIpc) is 3.65. The summed E-state index contributed by atoms with van der Waals surface area (Å²) in [6, 6.07) is 15.4.